The first-order chi connectivity index (χ1) is 9.20. The van der Waals surface area contributed by atoms with Crippen LogP contribution in [0.2, 0.25) is 0 Å². The van der Waals surface area contributed by atoms with Gasteiger partial charge in [0.15, 0.2) is 0 Å². The minimum absolute atomic E-state index is 0.138. The predicted molar refractivity (Wildman–Crippen MR) is 71.6 cm³/mol. The predicted octanol–water partition coefficient (Wildman–Crippen LogP) is 1.15. The van der Waals surface area contributed by atoms with Crippen LogP contribution in [0.4, 0.5) is 0 Å². The molecule has 0 aromatic heterocycles. The quantitative estimate of drug-likeness (QED) is 0.765. The summed E-state index contributed by atoms with van der Waals surface area (Å²) in [6.07, 6.45) is 0. The molecule has 19 heavy (non-hydrogen) atoms. The maximum atomic E-state index is 11.9. The van der Waals surface area contributed by atoms with Crippen molar-refractivity contribution in [2.45, 2.75) is 6.54 Å². The monoisotopic (exact) mass is 264 g/mol. The highest BCUT2D eigenvalue weighted by molar-refractivity contribution is 5.93. The summed E-state index contributed by atoms with van der Waals surface area (Å²) in [5.74, 6) is -0.138. The van der Waals surface area contributed by atoms with E-state index < -0.39 is 0 Å². The molecule has 1 aliphatic heterocycles. The lowest BCUT2D eigenvalue weighted by Crippen LogP contribution is -2.35. The van der Waals surface area contributed by atoms with Crippen molar-refractivity contribution in [1.29, 1.82) is 0 Å². The fraction of sp³-hybridized carbons (Fsp3) is 0.500. The molecule has 1 amide bonds. The molecule has 0 radical (unpaired) electrons. The lowest BCUT2D eigenvalue weighted by Gasteiger charge is -2.26. The minimum Gasteiger partial charge on any atom is -0.379 e. The van der Waals surface area contributed by atoms with Crippen molar-refractivity contribution < 1.29 is 14.4 Å². The number of benzene rings is 1. The van der Waals surface area contributed by atoms with Gasteiger partial charge in [-0.15, -0.1) is 0 Å². The zero-order valence-corrected chi connectivity index (χ0v) is 11.5. The second-order valence-electron chi connectivity index (χ2n) is 4.57. The lowest BCUT2D eigenvalue weighted by atomic mass is 10.1. The van der Waals surface area contributed by atoms with E-state index in [1.54, 1.807) is 7.05 Å². The summed E-state index contributed by atoms with van der Waals surface area (Å²) in [6.45, 7) is 4.43. The van der Waals surface area contributed by atoms with E-state index in [0.717, 1.165) is 32.8 Å². The number of carbonyl (C=O) groups is 1. The average Bonchev–Trinajstić information content (AvgIpc) is 2.47. The zero-order chi connectivity index (χ0) is 13.7. The topological polar surface area (TPSA) is 42.0 Å². The number of amides is 1. The number of ether oxygens (including phenoxy) is 1. The second kappa shape index (κ2) is 6.65. The Morgan fingerprint density at radius 2 is 1.95 bits per heavy atom. The number of rotatable bonds is 4. The van der Waals surface area contributed by atoms with Crippen molar-refractivity contribution >= 4 is 5.91 Å². The van der Waals surface area contributed by atoms with Gasteiger partial charge in [0, 0.05) is 32.2 Å². The number of morpholine rings is 1. The Morgan fingerprint density at radius 3 is 2.53 bits per heavy atom. The summed E-state index contributed by atoms with van der Waals surface area (Å²) in [6, 6.07) is 7.67. The molecule has 0 atom stereocenters. The van der Waals surface area contributed by atoms with Crippen LogP contribution in [0.3, 0.4) is 0 Å². The Labute approximate surface area is 113 Å². The molecule has 1 aromatic carbocycles. The van der Waals surface area contributed by atoms with Gasteiger partial charge in [-0.3, -0.25) is 14.5 Å². The molecule has 0 unspecified atom stereocenters. The number of hydrogen-bond donors (Lipinski definition) is 0. The first-order valence-corrected chi connectivity index (χ1v) is 6.42. The summed E-state index contributed by atoms with van der Waals surface area (Å²) in [4.78, 5) is 19.1. The van der Waals surface area contributed by atoms with Crippen LogP contribution in [0.25, 0.3) is 0 Å². The fourth-order valence-electron chi connectivity index (χ4n) is 2.03. The third-order valence-electron chi connectivity index (χ3n) is 3.27. The van der Waals surface area contributed by atoms with E-state index in [4.69, 9.17) is 9.57 Å². The summed E-state index contributed by atoms with van der Waals surface area (Å²) in [5.41, 5.74) is 1.84. The second-order valence-corrected chi connectivity index (χ2v) is 4.57. The smallest absolute Gasteiger partial charge is 0.277 e. The molecule has 1 fully saturated rings. The Bertz CT molecular complexity index is 413. The summed E-state index contributed by atoms with van der Waals surface area (Å²) >= 11 is 0. The zero-order valence-electron chi connectivity index (χ0n) is 11.5. The Morgan fingerprint density at radius 1 is 1.32 bits per heavy atom. The summed E-state index contributed by atoms with van der Waals surface area (Å²) in [7, 11) is 3.08. The molecular weight excluding hydrogens is 244 g/mol. The summed E-state index contributed by atoms with van der Waals surface area (Å²) < 4.78 is 5.32. The molecule has 5 nitrogen and oxygen atoms in total. The fourth-order valence-corrected chi connectivity index (χ4v) is 2.03. The van der Waals surface area contributed by atoms with E-state index >= 15 is 0 Å². The molecule has 104 valence electrons. The molecule has 0 spiro atoms. The standard InChI is InChI=1S/C14H20N2O3/c1-15(18-2)14(17)13-5-3-12(4-6-13)11-16-7-9-19-10-8-16/h3-6H,7-11H2,1-2H3. The van der Waals surface area contributed by atoms with Crippen molar-refractivity contribution in [2.75, 3.05) is 40.5 Å². The molecule has 1 saturated heterocycles. The van der Waals surface area contributed by atoms with E-state index in [-0.39, 0.29) is 5.91 Å². The number of hydrogen-bond acceptors (Lipinski definition) is 4. The van der Waals surface area contributed by atoms with Gasteiger partial charge in [0.1, 0.15) is 0 Å². The number of carbonyl (C=O) groups excluding carboxylic acids is 1. The molecule has 0 aliphatic carbocycles. The Kier molecular flexibility index (Phi) is 4.90. The highest BCUT2D eigenvalue weighted by Gasteiger charge is 2.13. The molecule has 1 aliphatic rings. The average molecular weight is 264 g/mol. The molecule has 0 bridgehead atoms. The molecule has 1 aromatic rings. The lowest BCUT2D eigenvalue weighted by molar-refractivity contribution is -0.0757. The maximum Gasteiger partial charge on any atom is 0.277 e. The van der Waals surface area contributed by atoms with Gasteiger partial charge in [0.05, 0.1) is 20.3 Å². The van der Waals surface area contributed by atoms with E-state index in [1.165, 1.54) is 17.7 Å². The van der Waals surface area contributed by atoms with Gasteiger partial charge < -0.3 is 4.74 Å². The van der Waals surface area contributed by atoms with Crippen LogP contribution in [-0.2, 0) is 16.1 Å². The van der Waals surface area contributed by atoms with Gasteiger partial charge in [-0.2, -0.15) is 0 Å². The Hall–Kier alpha value is -1.43. The van der Waals surface area contributed by atoms with Crippen molar-refractivity contribution in [3.05, 3.63) is 35.4 Å². The molecule has 1 heterocycles. The third kappa shape index (κ3) is 3.76. The van der Waals surface area contributed by atoms with E-state index in [2.05, 4.69) is 4.90 Å². The van der Waals surface area contributed by atoms with E-state index in [1.807, 2.05) is 24.3 Å². The van der Waals surface area contributed by atoms with Crippen LogP contribution in [0.15, 0.2) is 24.3 Å². The van der Waals surface area contributed by atoms with Crippen molar-refractivity contribution in [2.24, 2.45) is 0 Å². The molecule has 5 heteroatoms. The third-order valence-corrected chi connectivity index (χ3v) is 3.27. The van der Waals surface area contributed by atoms with Crippen LogP contribution in [0, 0.1) is 0 Å². The first-order valence-electron chi connectivity index (χ1n) is 6.42. The van der Waals surface area contributed by atoms with Crippen molar-refractivity contribution in [3.8, 4) is 0 Å². The van der Waals surface area contributed by atoms with Gasteiger partial charge >= 0.3 is 0 Å². The van der Waals surface area contributed by atoms with Crippen LogP contribution >= 0.6 is 0 Å². The molecular formula is C14H20N2O3. The van der Waals surface area contributed by atoms with Crippen molar-refractivity contribution in [3.63, 3.8) is 0 Å². The van der Waals surface area contributed by atoms with Gasteiger partial charge in [0.2, 0.25) is 0 Å². The Balaban J connectivity index is 1.96. The van der Waals surface area contributed by atoms with Crippen LogP contribution < -0.4 is 0 Å². The van der Waals surface area contributed by atoms with Crippen LogP contribution in [0.1, 0.15) is 15.9 Å². The van der Waals surface area contributed by atoms with Gasteiger partial charge in [0.25, 0.3) is 5.91 Å². The first kappa shape index (κ1) is 14.0. The normalized spacial score (nSPS) is 16.3. The molecule has 0 saturated carbocycles. The largest absolute Gasteiger partial charge is 0.379 e. The van der Waals surface area contributed by atoms with Crippen LogP contribution in [-0.4, -0.2) is 56.3 Å². The highest BCUT2D eigenvalue weighted by atomic mass is 16.7. The van der Waals surface area contributed by atoms with Gasteiger partial charge in [-0.05, 0) is 17.7 Å². The van der Waals surface area contributed by atoms with Crippen LogP contribution in [0.5, 0.6) is 0 Å². The van der Waals surface area contributed by atoms with E-state index in [9.17, 15) is 4.79 Å². The summed E-state index contributed by atoms with van der Waals surface area (Å²) in [5, 5.41) is 1.22. The van der Waals surface area contributed by atoms with Gasteiger partial charge in [-0.25, -0.2) is 5.06 Å². The van der Waals surface area contributed by atoms with Crippen molar-refractivity contribution in [1.82, 2.24) is 9.96 Å². The SMILES string of the molecule is CON(C)C(=O)c1ccc(CN2CCOCC2)cc1. The molecule has 2 rings (SSSR count). The van der Waals surface area contributed by atoms with Gasteiger partial charge in [-0.1, -0.05) is 12.1 Å². The molecule has 0 N–H and O–H groups in total. The highest BCUT2D eigenvalue weighted by Crippen LogP contribution is 2.10. The maximum absolute atomic E-state index is 11.9. The minimum atomic E-state index is -0.138. The number of nitrogens with zero attached hydrogens (tertiary/aromatic N) is 2. The van der Waals surface area contributed by atoms with E-state index in [0.29, 0.717) is 5.56 Å². The number of hydroxylamine groups is 2.